The van der Waals surface area contributed by atoms with Crippen molar-refractivity contribution in [1.29, 1.82) is 0 Å². The van der Waals surface area contributed by atoms with E-state index in [9.17, 15) is 14.7 Å². The molecule has 1 aromatic heterocycles. The van der Waals surface area contributed by atoms with E-state index in [1.807, 2.05) is 6.07 Å². The molecule has 0 radical (unpaired) electrons. The Morgan fingerprint density at radius 1 is 1.28 bits per heavy atom. The molecule has 5 heteroatoms. The van der Waals surface area contributed by atoms with E-state index in [0.29, 0.717) is 5.56 Å². The maximum absolute atomic E-state index is 11.6. The Kier molecular flexibility index (Phi) is 3.14. The molecule has 0 aliphatic rings. The van der Waals surface area contributed by atoms with Crippen LogP contribution in [-0.4, -0.2) is 23.2 Å². The zero-order valence-corrected chi connectivity index (χ0v) is 9.64. The number of rotatable bonds is 2. The van der Waals surface area contributed by atoms with Gasteiger partial charge in [-0.25, -0.2) is 4.79 Å². The number of carbonyl (C=O) groups is 1. The first-order chi connectivity index (χ1) is 8.63. The van der Waals surface area contributed by atoms with Gasteiger partial charge in [0.2, 0.25) is 0 Å². The molecule has 0 amide bonds. The third-order valence-electron chi connectivity index (χ3n) is 2.47. The van der Waals surface area contributed by atoms with Gasteiger partial charge in [-0.15, -0.1) is 0 Å². The Morgan fingerprint density at radius 3 is 2.56 bits per heavy atom. The number of esters is 1. The summed E-state index contributed by atoms with van der Waals surface area (Å²) in [5.41, 5.74) is 0.320. The lowest BCUT2D eigenvalue weighted by molar-refractivity contribution is 0.0598. The zero-order valence-electron chi connectivity index (χ0n) is 9.64. The minimum atomic E-state index is -0.706. The molecule has 5 nitrogen and oxygen atoms in total. The average Bonchev–Trinajstić information content (AvgIpc) is 2.38. The molecule has 0 unspecified atom stereocenters. The molecular formula is C13H11NO4. The van der Waals surface area contributed by atoms with Crippen molar-refractivity contribution in [2.45, 2.75) is 0 Å². The normalized spacial score (nSPS) is 10.1. The van der Waals surface area contributed by atoms with Crippen molar-refractivity contribution in [3.05, 3.63) is 52.3 Å². The molecule has 0 aliphatic heterocycles. The minimum Gasteiger partial charge on any atom is -0.507 e. The number of hydrogen-bond acceptors (Lipinski definition) is 4. The second-order valence-electron chi connectivity index (χ2n) is 3.63. The standard InChI is InChI=1S/C13H11NO4/c1-18-13(17)11-9(15)7-10(16)14-12(11)8-5-3-2-4-6-8/h2-7H,1H3,(H2,14,15,16). The summed E-state index contributed by atoms with van der Waals surface area (Å²) in [6.45, 7) is 0. The molecule has 18 heavy (non-hydrogen) atoms. The fraction of sp³-hybridized carbons (Fsp3) is 0.0769. The number of benzene rings is 1. The Morgan fingerprint density at radius 2 is 1.94 bits per heavy atom. The Labute approximate surface area is 103 Å². The third kappa shape index (κ3) is 2.10. The molecule has 92 valence electrons. The van der Waals surface area contributed by atoms with Gasteiger partial charge in [-0.1, -0.05) is 30.3 Å². The molecular weight excluding hydrogens is 234 g/mol. The molecule has 0 saturated heterocycles. The third-order valence-corrected chi connectivity index (χ3v) is 2.47. The molecule has 0 saturated carbocycles. The average molecular weight is 245 g/mol. The minimum absolute atomic E-state index is 0.0525. The van der Waals surface area contributed by atoms with Crippen LogP contribution in [0.2, 0.25) is 0 Å². The van der Waals surface area contributed by atoms with Gasteiger partial charge < -0.3 is 14.8 Å². The summed E-state index contributed by atoms with van der Waals surface area (Å²) >= 11 is 0. The topological polar surface area (TPSA) is 79.4 Å². The predicted molar refractivity (Wildman–Crippen MR) is 65.5 cm³/mol. The van der Waals surface area contributed by atoms with E-state index in [4.69, 9.17) is 0 Å². The number of H-pyrrole nitrogens is 1. The number of aromatic nitrogens is 1. The fourth-order valence-electron chi connectivity index (χ4n) is 1.68. The summed E-state index contributed by atoms with van der Waals surface area (Å²) in [6, 6.07) is 9.72. The molecule has 0 aliphatic carbocycles. The summed E-state index contributed by atoms with van der Waals surface area (Å²) in [5, 5.41) is 9.71. The number of methoxy groups -OCH3 is 1. The van der Waals surface area contributed by atoms with Crippen molar-refractivity contribution in [2.75, 3.05) is 7.11 Å². The van der Waals surface area contributed by atoms with Crippen molar-refractivity contribution in [1.82, 2.24) is 4.98 Å². The second kappa shape index (κ2) is 4.75. The molecule has 0 bridgehead atoms. The Bertz CT molecular complexity index is 631. The molecule has 2 aromatic rings. The van der Waals surface area contributed by atoms with Crippen LogP contribution >= 0.6 is 0 Å². The van der Waals surface area contributed by atoms with E-state index in [-0.39, 0.29) is 11.3 Å². The summed E-state index contributed by atoms with van der Waals surface area (Å²) < 4.78 is 4.60. The van der Waals surface area contributed by atoms with E-state index in [1.54, 1.807) is 24.3 Å². The van der Waals surface area contributed by atoms with Gasteiger partial charge in [-0.05, 0) is 5.56 Å². The van der Waals surface area contributed by atoms with Gasteiger partial charge in [-0.2, -0.15) is 0 Å². The van der Waals surface area contributed by atoms with Crippen molar-refractivity contribution in [3.63, 3.8) is 0 Å². The summed E-state index contributed by atoms with van der Waals surface area (Å²) in [7, 11) is 1.21. The highest BCUT2D eigenvalue weighted by Crippen LogP contribution is 2.26. The van der Waals surface area contributed by atoms with Crippen LogP contribution in [0.5, 0.6) is 5.75 Å². The van der Waals surface area contributed by atoms with Crippen LogP contribution < -0.4 is 5.56 Å². The summed E-state index contributed by atoms with van der Waals surface area (Å²) in [5.74, 6) is -1.10. The van der Waals surface area contributed by atoms with E-state index in [2.05, 4.69) is 9.72 Å². The highest BCUT2D eigenvalue weighted by Gasteiger charge is 2.19. The van der Waals surface area contributed by atoms with E-state index in [0.717, 1.165) is 6.07 Å². The first-order valence-corrected chi connectivity index (χ1v) is 5.23. The van der Waals surface area contributed by atoms with Gasteiger partial charge in [0, 0.05) is 6.07 Å². The first-order valence-electron chi connectivity index (χ1n) is 5.23. The molecule has 1 aromatic carbocycles. The molecule has 2 N–H and O–H groups in total. The van der Waals surface area contributed by atoms with Gasteiger partial charge in [0.15, 0.2) is 0 Å². The first kappa shape index (κ1) is 11.9. The van der Waals surface area contributed by atoms with Crippen molar-refractivity contribution < 1.29 is 14.6 Å². The number of pyridine rings is 1. The maximum Gasteiger partial charge on any atom is 0.343 e. The summed E-state index contributed by atoms with van der Waals surface area (Å²) in [4.78, 5) is 25.5. The van der Waals surface area contributed by atoms with E-state index in [1.165, 1.54) is 7.11 Å². The lowest BCUT2D eigenvalue weighted by Crippen LogP contribution is -2.12. The molecule has 0 spiro atoms. The molecule has 0 atom stereocenters. The highest BCUT2D eigenvalue weighted by atomic mass is 16.5. The van der Waals surface area contributed by atoms with Crippen molar-refractivity contribution in [3.8, 4) is 17.0 Å². The van der Waals surface area contributed by atoms with E-state index < -0.39 is 17.3 Å². The SMILES string of the molecule is COC(=O)c1c(O)cc(=O)[nH]c1-c1ccccc1. The van der Waals surface area contributed by atoms with Crippen molar-refractivity contribution >= 4 is 5.97 Å². The Hall–Kier alpha value is -2.56. The largest absolute Gasteiger partial charge is 0.507 e. The number of hydrogen-bond donors (Lipinski definition) is 2. The lowest BCUT2D eigenvalue weighted by atomic mass is 10.1. The number of aromatic amines is 1. The van der Waals surface area contributed by atoms with Gasteiger partial charge in [0.25, 0.3) is 5.56 Å². The second-order valence-corrected chi connectivity index (χ2v) is 3.63. The highest BCUT2D eigenvalue weighted by molar-refractivity contribution is 5.98. The number of ether oxygens (including phenoxy) is 1. The number of carbonyl (C=O) groups excluding carboxylic acids is 1. The van der Waals surface area contributed by atoms with Crippen LogP contribution in [0.4, 0.5) is 0 Å². The van der Waals surface area contributed by atoms with Gasteiger partial charge in [0.05, 0.1) is 12.8 Å². The van der Waals surface area contributed by atoms with Crippen LogP contribution in [0.25, 0.3) is 11.3 Å². The lowest BCUT2D eigenvalue weighted by Gasteiger charge is -2.09. The van der Waals surface area contributed by atoms with Crippen LogP contribution in [0.15, 0.2) is 41.2 Å². The van der Waals surface area contributed by atoms with Crippen molar-refractivity contribution in [2.24, 2.45) is 0 Å². The van der Waals surface area contributed by atoms with Crippen LogP contribution in [0.1, 0.15) is 10.4 Å². The van der Waals surface area contributed by atoms with Gasteiger partial charge in [-0.3, -0.25) is 4.79 Å². The molecule has 0 fully saturated rings. The Balaban J connectivity index is 2.73. The quantitative estimate of drug-likeness (QED) is 0.786. The summed E-state index contributed by atoms with van der Waals surface area (Å²) in [6.07, 6.45) is 0. The number of aromatic hydroxyl groups is 1. The molecule has 1 heterocycles. The van der Waals surface area contributed by atoms with Crippen LogP contribution in [0, 0.1) is 0 Å². The predicted octanol–water partition coefficient (Wildman–Crippen LogP) is 1.53. The number of nitrogens with one attached hydrogen (secondary N) is 1. The molecule has 2 rings (SSSR count). The maximum atomic E-state index is 11.6. The zero-order chi connectivity index (χ0) is 13.1. The van der Waals surface area contributed by atoms with Crippen LogP contribution in [0.3, 0.4) is 0 Å². The van der Waals surface area contributed by atoms with Gasteiger partial charge in [0.1, 0.15) is 11.3 Å². The van der Waals surface area contributed by atoms with Crippen LogP contribution in [-0.2, 0) is 4.74 Å². The van der Waals surface area contributed by atoms with E-state index >= 15 is 0 Å². The monoisotopic (exact) mass is 245 g/mol. The smallest absolute Gasteiger partial charge is 0.343 e. The fourth-order valence-corrected chi connectivity index (χ4v) is 1.68. The van der Waals surface area contributed by atoms with Gasteiger partial charge >= 0.3 is 5.97 Å².